The first-order valence-corrected chi connectivity index (χ1v) is 5.09. The molecule has 3 nitrogen and oxygen atoms in total. The fraction of sp³-hybridized carbons (Fsp3) is 0.455. The summed E-state index contributed by atoms with van der Waals surface area (Å²) in [6.45, 7) is 0.922. The van der Waals surface area contributed by atoms with Crippen molar-refractivity contribution >= 4 is 0 Å². The fourth-order valence-corrected chi connectivity index (χ4v) is 1.64. The molecule has 0 fully saturated rings. The third kappa shape index (κ3) is 2.24. The minimum absolute atomic E-state index is 0.0875. The Labute approximate surface area is 92.1 Å². The molecule has 0 aromatic heterocycles. The van der Waals surface area contributed by atoms with Crippen molar-refractivity contribution in [1.29, 1.82) is 0 Å². The van der Waals surface area contributed by atoms with Crippen LogP contribution in [0.5, 0.6) is 11.5 Å². The second kappa shape index (κ2) is 4.65. The van der Waals surface area contributed by atoms with Gasteiger partial charge in [-0.3, -0.25) is 0 Å². The van der Waals surface area contributed by atoms with E-state index >= 15 is 0 Å². The molecule has 1 heterocycles. The minimum atomic E-state index is -2.53. The van der Waals surface area contributed by atoms with E-state index < -0.39 is 12.5 Å². The number of para-hydroxylation sites is 1. The van der Waals surface area contributed by atoms with Crippen LogP contribution in [0.15, 0.2) is 18.2 Å². The number of hydrogen-bond acceptors (Lipinski definition) is 3. The zero-order chi connectivity index (χ0) is 11.5. The standard InChI is InChI=1S/C11H13F2NO2/c12-11(13)8(14)6-7-2-1-3-9-10(7)16-5-4-15-9/h1-3,8,11H,4-6,14H2. The zero-order valence-electron chi connectivity index (χ0n) is 8.66. The quantitative estimate of drug-likeness (QED) is 0.856. The van der Waals surface area contributed by atoms with Crippen molar-refractivity contribution in [3.63, 3.8) is 0 Å². The number of hydrogen-bond donors (Lipinski definition) is 1. The number of nitrogens with two attached hydrogens (primary N) is 1. The summed E-state index contributed by atoms with van der Waals surface area (Å²) in [6, 6.07) is 4.07. The molecular formula is C11H13F2NO2. The van der Waals surface area contributed by atoms with Gasteiger partial charge >= 0.3 is 0 Å². The van der Waals surface area contributed by atoms with Gasteiger partial charge < -0.3 is 15.2 Å². The first kappa shape index (κ1) is 11.1. The van der Waals surface area contributed by atoms with Crippen LogP contribution in [-0.2, 0) is 6.42 Å². The molecule has 88 valence electrons. The van der Waals surface area contributed by atoms with E-state index in [9.17, 15) is 8.78 Å². The van der Waals surface area contributed by atoms with Crippen LogP contribution in [0.3, 0.4) is 0 Å². The molecule has 0 amide bonds. The van der Waals surface area contributed by atoms with E-state index in [0.717, 1.165) is 0 Å². The van der Waals surface area contributed by atoms with Gasteiger partial charge in [-0.05, 0) is 18.1 Å². The predicted molar refractivity (Wildman–Crippen MR) is 55.1 cm³/mol. The van der Waals surface area contributed by atoms with Crippen LogP contribution in [0, 0.1) is 0 Å². The van der Waals surface area contributed by atoms with Crippen LogP contribution < -0.4 is 15.2 Å². The van der Waals surface area contributed by atoms with Crippen LogP contribution in [-0.4, -0.2) is 25.7 Å². The largest absolute Gasteiger partial charge is 0.486 e. The summed E-state index contributed by atoms with van der Waals surface area (Å²) in [7, 11) is 0. The molecule has 1 aliphatic heterocycles. The molecule has 16 heavy (non-hydrogen) atoms. The third-order valence-corrected chi connectivity index (χ3v) is 2.43. The predicted octanol–water partition coefficient (Wildman–Crippen LogP) is 1.59. The summed E-state index contributed by atoms with van der Waals surface area (Å²) in [5.74, 6) is 1.15. The average molecular weight is 229 g/mol. The van der Waals surface area contributed by atoms with Gasteiger partial charge in [0, 0.05) is 0 Å². The van der Waals surface area contributed by atoms with Crippen molar-refractivity contribution in [3.8, 4) is 11.5 Å². The lowest BCUT2D eigenvalue weighted by Gasteiger charge is -2.22. The summed E-state index contributed by atoms with van der Waals surface area (Å²) >= 11 is 0. The zero-order valence-corrected chi connectivity index (χ0v) is 8.66. The molecule has 0 aliphatic carbocycles. The number of ether oxygens (including phenoxy) is 2. The number of alkyl halides is 2. The lowest BCUT2D eigenvalue weighted by Crippen LogP contribution is -2.31. The van der Waals surface area contributed by atoms with Gasteiger partial charge in [0.15, 0.2) is 11.5 Å². The highest BCUT2D eigenvalue weighted by molar-refractivity contribution is 5.47. The third-order valence-electron chi connectivity index (χ3n) is 2.43. The summed E-state index contributed by atoms with van der Waals surface area (Å²) in [4.78, 5) is 0. The first-order valence-electron chi connectivity index (χ1n) is 5.09. The molecule has 0 saturated heterocycles. The van der Waals surface area contributed by atoms with Crippen molar-refractivity contribution in [2.45, 2.75) is 18.9 Å². The SMILES string of the molecule is NC(Cc1cccc2c1OCCO2)C(F)F. The Balaban J connectivity index is 2.20. The van der Waals surface area contributed by atoms with E-state index in [4.69, 9.17) is 15.2 Å². The maximum Gasteiger partial charge on any atom is 0.253 e. The number of halogens is 2. The molecule has 0 saturated carbocycles. The van der Waals surface area contributed by atoms with E-state index in [1.165, 1.54) is 0 Å². The molecule has 5 heteroatoms. The second-order valence-corrected chi connectivity index (χ2v) is 3.64. The molecule has 0 radical (unpaired) electrons. The van der Waals surface area contributed by atoms with Crippen LogP contribution in [0.25, 0.3) is 0 Å². The van der Waals surface area contributed by atoms with Crippen LogP contribution in [0.4, 0.5) is 8.78 Å². The highest BCUT2D eigenvalue weighted by Crippen LogP contribution is 2.34. The van der Waals surface area contributed by atoms with Crippen molar-refractivity contribution in [1.82, 2.24) is 0 Å². The average Bonchev–Trinajstić information content (AvgIpc) is 2.29. The van der Waals surface area contributed by atoms with Gasteiger partial charge in [-0.25, -0.2) is 8.78 Å². The van der Waals surface area contributed by atoms with E-state index in [2.05, 4.69) is 0 Å². The van der Waals surface area contributed by atoms with Crippen molar-refractivity contribution < 1.29 is 18.3 Å². The summed E-state index contributed by atoms with van der Waals surface area (Å²) in [5, 5.41) is 0. The molecule has 0 bridgehead atoms. The molecule has 1 aromatic rings. The van der Waals surface area contributed by atoms with Crippen molar-refractivity contribution in [2.24, 2.45) is 5.73 Å². The van der Waals surface area contributed by atoms with Crippen molar-refractivity contribution in [3.05, 3.63) is 23.8 Å². The molecule has 1 aliphatic rings. The molecule has 1 unspecified atom stereocenters. The Hall–Kier alpha value is -1.36. The maximum absolute atomic E-state index is 12.3. The van der Waals surface area contributed by atoms with Gasteiger partial charge in [0.1, 0.15) is 13.2 Å². The smallest absolute Gasteiger partial charge is 0.253 e. The van der Waals surface area contributed by atoms with Crippen LogP contribution in [0.2, 0.25) is 0 Å². The van der Waals surface area contributed by atoms with E-state index in [1.54, 1.807) is 18.2 Å². The number of fused-ring (bicyclic) bond motifs is 1. The van der Waals surface area contributed by atoms with E-state index in [0.29, 0.717) is 30.3 Å². The molecule has 0 spiro atoms. The van der Waals surface area contributed by atoms with E-state index in [-0.39, 0.29) is 6.42 Å². The van der Waals surface area contributed by atoms with Gasteiger partial charge in [0.05, 0.1) is 6.04 Å². The molecule has 2 rings (SSSR count). The van der Waals surface area contributed by atoms with Gasteiger partial charge in [-0.2, -0.15) is 0 Å². The summed E-state index contributed by atoms with van der Waals surface area (Å²) in [6.07, 6.45) is -2.44. The molecule has 1 aromatic carbocycles. The first-order chi connectivity index (χ1) is 7.68. The van der Waals surface area contributed by atoms with Gasteiger partial charge in [0.25, 0.3) is 6.43 Å². The molecule has 1 atom stereocenters. The van der Waals surface area contributed by atoms with Crippen molar-refractivity contribution in [2.75, 3.05) is 13.2 Å². The second-order valence-electron chi connectivity index (χ2n) is 3.64. The Kier molecular flexibility index (Phi) is 3.24. The summed E-state index contributed by atoms with van der Waals surface area (Å²) in [5.41, 5.74) is 6.01. The number of rotatable bonds is 3. The van der Waals surface area contributed by atoms with E-state index in [1.807, 2.05) is 0 Å². The molecule has 2 N–H and O–H groups in total. The highest BCUT2D eigenvalue weighted by atomic mass is 19.3. The maximum atomic E-state index is 12.3. The summed E-state index contributed by atoms with van der Waals surface area (Å²) < 4.78 is 35.5. The van der Waals surface area contributed by atoms with Crippen LogP contribution >= 0.6 is 0 Å². The Morgan fingerprint density at radius 2 is 2.00 bits per heavy atom. The Morgan fingerprint density at radius 1 is 1.25 bits per heavy atom. The van der Waals surface area contributed by atoms with Gasteiger partial charge in [0.2, 0.25) is 0 Å². The van der Waals surface area contributed by atoms with Gasteiger partial charge in [-0.15, -0.1) is 0 Å². The van der Waals surface area contributed by atoms with Gasteiger partial charge in [-0.1, -0.05) is 12.1 Å². The topological polar surface area (TPSA) is 44.5 Å². The van der Waals surface area contributed by atoms with Crippen LogP contribution in [0.1, 0.15) is 5.56 Å². The fourth-order valence-electron chi connectivity index (χ4n) is 1.64. The minimum Gasteiger partial charge on any atom is -0.486 e. The lowest BCUT2D eigenvalue weighted by atomic mass is 10.0. The Morgan fingerprint density at radius 3 is 2.75 bits per heavy atom. The Bertz CT molecular complexity index is 371. The number of benzene rings is 1. The normalized spacial score (nSPS) is 16.2. The monoisotopic (exact) mass is 229 g/mol. The highest BCUT2D eigenvalue weighted by Gasteiger charge is 2.21. The lowest BCUT2D eigenvalue weighted by molar-refractivity contribution is 0.114. The molecular weight excluding hydrogens is 216 g/mol.